The van der Waals surface area contributed by atoms with E-state index in [1.165, 1.54) is 11.1 Å². The van der Waals surface area contributed by atoms with Gasteiger partial charge in [0.2, 0.25) is 0 Å². The highest BCUT2D eigenvalue weighted by atomic mass is 16.5. The van der Waals surface area contributed by atoms with Gasteiger partial charge in [-0.2, -0.15) is 0 Å². The summed E-state index contributed by atoms with van der Waals surface area (Å²) in [5.41, 5.74) is 2.64. The van der Waals surface area contributed by atoms with E-state index < -0.39 is 0 Å². The number of morpholine rings is 1. The lowest BCUT2D eigenvalue weighted by atomic mass is 10.1. The third kappa shape index (κ3) is 4.78. The molecular weight excluding hydrogens is 238 g/mol. The van der Waals surface area contributed by atoms with E-state index in [0.717, 1.165) is 26.2 Å². The molecule has 1 atom stereocenters. The summed E-state index contributed by atoms with van der Waals surface area (Å²) in [6.07, 6.45) is 2.46. The third-order valence-electron chi connectivity index (χ3n) is 3.26. The summed E-state index contributed by atoms with van der Waals surface area (Å²) in [5, 5.41) is 0. The van der Waals surface area contributed by atoms with Crippen molar-refractivity contribution in [3.8, 4) is 0 Å². The molecule has 1 aliphatic heterocycles. The fourth-order valence-electron chi connectivity index (χ4n) is 2.44. The minimum Gasteiger partial charge on any atom is -0.382 e. The molecule has 0 bridgehead atoms. The zero-order valence-electron chi connectivity index (χ0n) is 11.8. The highest BCUT2D eigenvalue weighted by Gasteiger charge is 2.19. The van der Waals surface area contributed by atoms with Gasteiger partial charge >= 0.3 is 0 Å². The quantitative estimate of drug-likeness (QED) is 0.812. The van der Waals surface area contributed by atoms with Gasteiger partial charge in [0.05, 0.1) is 19.3 Å². The average molecular weight is 261 g/mol. The topological polar surface area (TPSA) is 21.7 Å². The SMILES string of the molecule is COCC1CN(CC(C)=Cc2ccccc2)CCO1. The lowest BCUT2D eigenvalue weighted by Crippen LogP contribution is -2.44. The first-order valence-electron chi connectivity index (χ1n) is 6.83. The summed E-state index contributed by atoms with van der Waals surface area (Å²) < 4.78 is 10.8. The van der Waals surface area contributed by atoms with E-state index >= 15 is 0 Å². The van der Waals surface area contributed by atoms with E-state index in [9.17, 15) is 0 Å². The Bertz CT molecular complexity index is 400. The second-order valence-electron chi connectivity index (χ2n) is 5.08. The normalized spacial score (nSPS) is 21.6. The maximum Gasteiger partial charge on any atom is 0.0935 e. The van der Waals surface area contributed by atoms with Crippen LogP contribution in [-0.2, 0) is 9.47 Å². The van der Waals surface area contributed by atoms with Crippen molar-refractivity contribution in [3.63, 3.8) is 0 Å². The van der Waals surface area contributed by atoms with E-state index in [1.807, 2.05) is 6.07 Å². The number of benzene rings is 1. The Hall–Kier alpha value is -1.16. The molecule has 1 aromatic carbocycles. The van der Waals surface area contributed by atoms with Crippen LogP contribution < -0.4 is 0 Å². The average Bonchev–Trinajstić information content (AvgIpc) is 2.40. The Morgan fingerprint density at radius 1 is 1.42 bits per heavy atom. The number of ether oxygens (including phenoxy) is 2. The first kappa shape index (κ1) is 14.3. The smallest absolute Gasteiger partial charge is 0.0935 e. The molecule has 19 heavy (non-hydrogen) atoms. The largest absolute Gasteiger partial charge is 0.382 e. The van der Waals surface area contributed by atoms with Crippen molar-refractivity contribution in [2.24, 2.45) is 0 Å². The van der Waals surface area contributed by atoms with Crippen LogP contribution in [0.2, 0.25) is 0 Å². The molecule has 0 saturated carbocycles. The number of nitrogens with zero attached hydrogens (tertiary/aromatic N) is 1. The van der Waals surface area contributed by atoms with Gasteiger partial charge in [-0.25, -0.2) is 0 Å². The van der Waals surface area contributed by atoms with Crippen molar-refractivity contribution in [2.45, 2.75) is 13.0 Å². The van der Waals surface area contributed by atoms with E-state index in [2.05, 4.69) is 42.2 Å². The van der Waals surface area contributed by atoms with Crippen LogP contribution >= 0.6 is 0 Å². The minimum absolute atomic E-state index is 0.211. The lowest BCUT2D eigenvalue weighted by Gasteiger charge is -2.32. The highest BCUT2D eigenvalue weighted by molar-refractivity contribution is 5.52. The third-order valence-corrected chi connectivity index (χ3v) is 3.26. The summed E-state index contributed by atoms with van der Waals surface area (Å²) in [5.74, 6) is 0. The summed E-state index contributed by atoms with van der Waals surface area (Å²) in [4.78, 5) is 2.43. The molecule has 1 heterocycles. The molecule has 1 aromatic rings. The van der Waals surface area contributed by atoms with Crippen LogP contribution in [0, 0.1) is 0 Å². The standard InChI is InChI=1S/C16H23NO2/c1-14(10-15-6-4-3-5-7-15)11-17-8-9-19-16(12-17)13-18-2/h3-7,10,16H,8-9,11-13H2,1-2H3. The fourth-order valence-corrected chi connectivity index (χ4v) is 2.44. The van der Waals surface area contributed by atoms with Gasteiger partial charge in [0.15, 0.2) is 0 Å². The van der Waals surface area contributed by atoms with Crippen molar-refractivity contribution < 1.29 is 9.47 Å². The highest BCUT2D eigenvalue weighted by Crippen LogP contribution is 2.11. The predicted octanol–water partition coefficient (Wildman–Crippen LogP) is 2.44. The Morgan fingerprint density at radius 3 is 2.95 bits per heavy atom. The maximum atomic E-state index is 5.66. The Morgan fingerprint density at radius 2 is 2.21 bits per heavy atom. The molecule has 2 rings (SSSR count). The van der Waals surface area contributed by atoms with E-state index in [-0.39, 0.29) is 6.10 Å². The molecule has 0 radical (unpaired) electrons. The van der Waals surface area contributed by atoms with Gasteiger partial charge in [-0.05, 0) is 12.5 Å². The molecule has 1 unspecified atom stereocenters. The second-order valence-corrected chi connectivity index (χ2v) is 5.08. The molecule has 0 aromatic heterocycles. The zero-order chi connectivity index (χ0) is 13.5. The van der Waals surface area contributed by atoms with Crippen molar-refractivity contribution in [3.05, 3.63) is 41.5 Å². The van der Waals surface area contributed by atoms with E-state index in [4.69, 9.17) is 9.47 Å². The summed E-state index contributed by atoms with van der Waals surface area (Å²) in [6.45, 7) is 6.62. The monoisotopic (exact) mass is 261 g/mol. The predicted molar refractivity (Wildman–Crippen MR) is 78.1 cm³/mol. The molecule has 0 spiro atoms. The van der Waals surface area contributed by atoms with Crippen LogP contribution in [0.4, 0.5) is 0 Å². The van der Waals surface area contributed by atoms with Gasteiger partial charge in [0.1, 0.15) is 0 Å². The fraction of sp³-hybridized carbons (Fsp3) is 0.500. The van der Waals surface area contributed by atoms with Crippen LogP contribution in [0.25, 0.3) is 6.08 Å². The van der Waals surface area contributed by atoms with Crippen molar-refractivity contribution in [2.75, 3.05) is 40.0 Å². The van der Waals surface area contributed by atoms with Crippen LogP contribution in [0.15, 0.2) is 35.9 Å². The summed E-state index contributed by atoms with van der Waals surface area (Å²) in [7, 11) is 1.73. The van der Waals surface area contributed by atoms with Crippen molar-refractivity contribution in [1.82, 2.24) is 4.90 Å². The molecule has 3 nitrogen and oxygen atoms in total. The molecule has 0 amide bonds. The van der Waals surface area contributed by atoms with Crippen molar-refractivity contribution >= 4 is 6.08 Å². The number of hydrogen-bond donors (Lipinski definition) is 0. The molecule has 3 heteroatoms. The lowest BCUT2D eigenvalue weighted by molar-refractivity contribution is -0.0585. The minimum atomic E-state index is 0.211. The molecule has 104 valence electrons. The van der Waals surface area contributed by atoms with Crippen LogP contribution in [-0.4, -0.2) is 51.0 Å². The Balaban J connectivity index is 1.88. The zero-order valence-corrected chi connectivity index (χ0v) is 11.8. The van der Waals surface area contributed by atoms with Crippen LogP contribution in [0.1, 0.15) is 12.5 Å². The van der Waals surface area contributed by atoms with Crippen molar-refractivity contribution in [1.29, 1.82) is 0 Å². The molecular formula is C16H23NO2. The molecule has 1 aliphatic rings. The summed E-state index contributed by atoms with van der Waals surface area (Å²) in [6, 6.07) is 10.5. The van der Waals surface area contributed by atoms with E-state index in [0.29, 0.717) is 6.61 Å². The number of hydrogen-bond acceptors (Lipinski definition) is 3. The van der Waals surface area contributed by atoms with Gasteiger partial charge in [0, 0.05) is 26.7 Å². The number of methoxy groups -OCH3 is 1. The second kappa shape index (κ2) is 7.43. The van der Waals surface area contributed by atoms with Gasteiger partial charge in [0.25, 0.3) is 0 Å². The summed E-state index contributed by atoms with van der Waals surface area (Å²) >= 11 is 0. The maximum absolute atomic E-state index is 5.66. The van der Waals surface area contributed by atoms with Crippen LogP contribution in [0.3, 0.4) is 0 Å². The van der Waals surface area contributed by atoms with Gasteiger partial charge in [-0.15, -0.1) is 0 Å². The Labute approximate surface area is 115 Å². The first-order chi connectivity index (χ1) is 9.28. The Kier molecular flexibility index (Phi) is 5.58. The van der Waals surface area contributed by atoms with Gasteiger partial charge < -0.3 is 9.47 Å². The molecule has 1 fully saturated rings. The first-order valence-corrected chi connectivity index (χ1v) is 6.83. The number of rotatable bonds is 5. The molecule has 0 N–H and O–H groups in total. The molecule has 1 saturated heterocycles. The molecule has 0 aliphatic carbocycles. The van der Waals surface area contributed by atoms with Gasteiger partial charge in [-0.3, -0.25) is 4.90 Å². The van der Waals surface area contributed by atoms with Crippen LogP contribution in [0.5, 0.6) is 0 Å². The van der Waals surface area contributed by atoms with E-state index in [1.54, 1.807) is 7.11 Å². The van der Waals surface area contributed by atoms with Gasteiger partial charge in [-0.1, -0.05) is 42.0 Å².